The molecule has 0 radical (unpaired) electrons. The molecular formula is C26H38O3. The lowest BCUT2D eigenvalue weighted by atomic mass is 9.89. The number of hydrogen-bond acceptors (Lipinski definition) is 3. The standard InChI is InChI=1S/C26H38O3/c1-15-19(5)25(20(6)16(2)23(15)11-9-13-27)29-26-21(7)17(3)24(12-10-14-28)18(4)22(26)8/h27-28H,9-14H2,1-8H3. The summed E-state index contributed by atoms with van der Waals surface area (Å²) >= 11 is 0. The first-order valence-electron chi connectivity index (χ1n) is 10.7. The SMILES string of the molecule is Cc1c(C)c(Oc2c(C)c(C)c(CCCO)c(C)c2C)c(C)c(C)c1CCCO. The highest BCUT2D eigenvalue weighted by Gasteiger charge is 2.20. The Kier molecular flexibility index (Phi) is 7.90. The highest BCUT2D eigenvalue weighted by atomic mass is 16.5. The van der Waals surface area contributed by atoms with Gasteiger partial charge < -0.3 is 14.9 Å². The summed E-state index contributed by atoms with van der Waals surface area (Å²) in [4.78, 5) is 0. The van der Waals surface area contributed by atoms with Gasteiger partial charge in [0.15, 0.2) is 0 Å². The molecule has 0 amide bonds. The Balaban J connectivity index is 2.58. The predicted octanol–water partition coefficient (Wildman–Crippen LogP) is 5.80. The van der Waals surface area contributed by atoms with E-state index in [0.29, 0.717) is 0 Å². The van der Waals surface area contributed by atoms with Crippen LogP contribution in [0.25, 0.3) is 0 Å². The van der Waals surface area contributed by atoms with Crippen LogP contribution in [0, 0.1) is 55.4 Å². The van der Waals surface area contributed by atoms with E-state index in [1.807, 2.05) is 0 Å². The molecule has 0 spiro atoms. The smallest absolute Gasteiger partial charge is 0.133 e. The molecule has 0 aliphatic rings. The molecule has 0 heterocycles. The zero-order chi connectivity index (χ0) is 21.9. The van der Waals surface area contributed by atoms with Crippen LogP contribution >= 0.6 is 0 Å². The molecule has 2 aromatic rings. The predicted molar refractivity (Wildman–Crippen MR) is 122 cm³/mol. The number of aliphatic hydroxyl groups excluding tert-OH is 2. The van der Waals surface area contributed by atoms with Crippen LogP contribution in [-0.2, 0) is 12.8 Å². The second-order valence-electron chi connectivity index (χ2n) is 8.37. The van der Waals surface area contributed by atoms with Crippen molar-refractivity contribution in [3.8, 4) is 11.5 Å². The molecule has 0 saturated carbocycles. The Morgan fingerprint density at radius 3 is 1.00 bits per heavy atom. The first-order valence-corrected chi connectivity index (χ1v) is 10.7. The normalized spacial score (nSPS) is 11.2. The minimum Gasteiger partial charge on any atom is -0.456 e. The van der Waals surface area contributed by atoms with Gasteiger partial charge in [-0.15, -0.1) is 0 Å². The summed E-state index contributed by atoms with van der Waals surface area (Å²) in [5.74, 6) is 1.92. The van der Waals surface area contributed by atoms with Crippen LogP contribution in [0.4, 0.5) is 0 Å². The summed E-state index contributed by atoms with van der Waals surface area (Å²) in [5.41, 5.74) is 12.4. The van der Waals surface area contributed by atoms with Crippen LogP contribution in [0.2, 0.25) is 0 Å². The fourth-order valence-corrected chi connectivity index (χ4v) is 4.38. The Hall–Kier alpha value is -1.84. The van der Waals surface area contributed by atoms with Gasteiger partial charge in [-0.1, -0.05) is 0 Å². The van der Waals surface area contributed by atoms with Crippen LogP contribution in [-0.4, -0.2) is 23.4 Å². The summed E-state index contributed by atoms with van der Waals surface area (Å²) in [6.45, 7) is 17.6. The van der Waals surface area contributed by atoms with E-state index in [1.165, 1.54) is 55.6 Å². The molecule has 29 heavy (non-hydrogen) atoms. The van der Waals surface area contributed by atoms with Gasteiger partial charge in [-0.25, -0.2) is 0 Å². The molecule has 0 saturated heterocycles. The Bertz CT molecular complexity index is 762. The van der Waals surface area contributed by atoms with Gasteiger partial charge in [0.25, 0.3) is 0 Å². The quantitative estimate of drug-likeness (QED) is 0.591. The molecule has 3 heteroatoms. The molecule has 0 atom stereocenters. The van der Waals surface area contributed by atoms with E-state index in [2.05, 4.69) is 55.4 Å². The zero-order valence-electron chi connectivity index (χ0n) is 19.5. The van der Waals surface area contributed by atoms with Gasteiger partial charge in [-0.3, -0.25) is 0 Å². The molecule has 0 bridgehead atoms. The van der Waals surface area contributed by atoms with Crippen LogP contribution in [0.15, 0.2) is 0 Å². The first kappa shape index (κ1) is 23.4. The van der Waals surface area contributed by atoms with Gasteiger partial charge in [0.2, 0.25) is 0 Å². The third kappa shape index (κ3) is 4.51. The molecule has 0 aliphatic heterocycles. The third-order valence-corrected chi connectivity index (χ3v) is 6.80. The van der Waals surface area contributed by atoms with Gasteiger partial charge in [0, 0.05) is 13.2 Å². The molecule has 0 unspecified atom stereocenters. The number of rotatable bonds is 8. The fraction of sp³-hybridized carbons (Fsp3) is 0.538. The number of hydrogen-bond donors (Lipinski definition) is 2. The van der Waals surface area contributed by atoms with Crippen molar-refractivity contribution in [3.63, 3.8) is 0 Å². The lowest BCUT2D eigenvalue weighted by molar-refractivity contribution is 0.288. The van der Waals surface area contributed by atoms with Crippen molar-refractivity contribution in [2.75, 3.05) is 13.2 Å². The van der Waals surface area contributed by atoms with Crippen molar-refractivity contribution in [3.05, 3.63) is 55.6 Å². The number of aliphatic hydroxyl groups is 2. The molecule has 0 fully saturated rings. The van der Waals surface area contributed by atoms with Crippen molar-refractivity contribution < 1.29 is 14.9 Å². The molecule has 160 valence electrons. The second kappa shape index (κ2) is 9.77. The van der Waals surface area contributed by atoms with Crippen LogP contribution in [0.5, 0.6) is 11.5 Å². The van der Waals surface area contributed by atoms with Crippen molar-refractivity contribution in [2.45, 2.75) is 81.1 Å². The van der Waals surface area contributed by atoms with Gasteiger partial charge in [0.05, 0.1) is 0 Å². The van der Waals surface area contributed by atoms with E-state index in [0.717, 1.165) is 37.2 Å². The van der Waals surface area contributed by atoms with E-state index >= 15 is 0 Å². The first-order chi connectivity index (χ1) is 13.7. The minimum atomic E-state index is 0.217. The molecule has 2 rings (SSSR count). The third-order valence-electron chi connectivity index (χ3n) is 6.80. The summed E-state index contributed by atoms with van der Waals surface area (Å²) in [7, 11) is 0. The second-order valence-corrected chi connectivity index (χ2v) is 8.37. The lowest BCUT2D eigenvalue weighted by Crippen LogP contribution is -2.07. The van der Waals surface area contributed by atoms with E-state index in [9.17, 15) is 10.2 Å². The van der Waals surface area contributed by atoms with Gasteiger partial charge in [0.1, 0.15) is 11.5 Å². The van der Waals surface area contributed by atoms with Gasteiger partial charge >= 0.3 is 0 Å². The Morgan fingerprint density at radius 2 is 0.759 bits per heavy atom. The van der Waals surface area contributed by atoms with E-state index in [4.69, 9.17) is 4.74 Å². The van der Waals surface area contributed by atoms with Crippen LogP contribution in [0.3, 0.4) is 0 Å². The molecule has 0 aliphatic carbocycles. The highest BCUT2D eigenvalue weighted by Crippen LogP contribution is 2.40. The topological polar surface area (TPSA) is 49.7 Å². The molecule has 2 aromatic carbocycles. The molecule has 0 aromatic heterocycles. The summed E-state index contributed by atoms with van der Waals surface area (Å²) < 4.78 is 6.64. The van der Waals surface area contributed by atoms with Crippen LogP contribution < -0.4 is 4.74 Å². The van der Waals surface area contributed by atoms with E-state index in [1.54, 1.807) is 0 Å². The van der Waals surface area contributed by atoms with Crippen molar-refractivity contribution >= 4 is 0 Å². The van der Waals surface area contributed by atoms with E-state index < -0.39 is 0 Å². The molecular weight excluding hydrogens is 360 g/mol. The van der Waals surface area contributed by atoms with Gasteiger partial charge in [-0.05, 0) is 137 Å². The maximum Gasteiger partial charge on any atom is 0.133 e. The van der Waals surface area contributed by atoms with Crippen molar-refractivity contribution in [2.24, 2.45) is 0 Å². The highest BCUT2D eigenvalue weighted by molar-refractivity contribution is 5.59. The lowest BCUT2D eigenvalue weighted by Gasteiger charge is -2.24. The minimum absolute atomic E-state index is 0.217. The molecule has 2 N–H and O–H groups in total. The largest absolute Gasteiger partial charge is 0.456 e. The number of ether oxygens (including phenoxy) is 1. The van der Waals surface area contributed by atoms with Gasteiger partial charge in [-0.2, -0.15) is 0 Å². The summed E-state index contributed by atoms with van der Waals surface area (Å²) in [5, 5.41) is 18.5. The van der Waals surface area contributed by atoms with Crippen molar-refractivity contribution in [1.29, 1.82) is 0 Å². The Morgan fingerprint density at radius 1 is 0.483 bits per heavy atom. The fourth-order valence-electron chi connectivity index (χ4n) is 4.38. The Labute approximate surface area is 176 Å². The zero-order valence-corrected chi connectivity index (χ0v) is 19.5. The summed E-state index contributed by atoms with van der Waals surface area (Å²) in [6, 6.07) is 0. The van der Waals surface area contributed by atoms with E-state index in [-0.39, 0.29) is 13.2 Å². The maximum absolute atomic E-state index is 9.25. The monoisotopic (exact) mass is 398 g/mol. The average Bonchev–Trinajstić information content (AvgIpc) is 2.70. The molecule has 3 nitrogen and oxygen atoms in total. The van der Waals surface area contributed by atoms with Crippen molar-refractivity contribution in [1.82, 2.24) is 0 Å². The van der Waals surface area contributed by atoms with Crippen LogP contribution in [0.1, 0.15) is 68.5 Å². The summed E-state index contributed by atoms with van der Waals surface area (Å²) in [6.07, 6.45) is 3.36. The average molecular weight is 399 g/mol. The maximum atomic E-state index is 9.25. The number of benzene rings is 2.